The van der Waals surface area contributed by atoms with Crippen molar-refractivity contribution >= 4 is 22.5 Å². The fraction of sp³-hybridized carbons (Fsp3) is 0.231. The SMILES string of the molecule is CC(C)=CCc1c[nH]c2c(Cl)cccc12. The molecule has 0 atom stereocenters. The molecule has 1 N–H and O–H groups in total. The molecule has 2 aromatic rings. The summed E-state index contributed by atoms with van der Waals surface area (Å²) < 4.78 is 0. The standard InChI is InChI=1S/C13H14ClN/c1-9(2)6-7-10-8-15-13-11(10)4-3-5-12(13)14/h3-6,8,15H,7H2,1-2H3. The minimum absolute atomic E-state index is 0.788. The number of para-hydroxylation sites is 1. The van der Waals surface area contributed by atoms with E-state index in [1.54, 1.807) is 0 Å². The molecular weight excluding hydrogens is 206 g/mol. The molecule has 0 radical (unpaired) electrons. The van der Waals surface area contributed by atoms with Crippen LogP contribution in [0.4, 0.5) is 0 Å². The van der Waals surface area contributed by atoms with Crippen LogP contribution < -0.4 is 0 Å². The molecular formula is C13H14ClN. The van der Waals surface area contributed by atoms with Crippen molar-refractivity contribution in [2.75, 3.05) is 0 Å². The average Bonchev–Trinajstić information content (AvgIpc) is 2.59. The lowest BCUT2D eigenvalue weighted by atomic mass is 10.1. The molecule has 78 valence electrons. The van der Waals surface area contributed by atoms with Gasteiger partial charge in [0.2, 0.25) is 0 Å². The maximum Gasteiger partial charge on any atom is 0.0647 e. The van der Waals surface area contributed by atoms with Gasteiger partial charge in [0, 0.05) is 11.6 Å². The van der Waals surface area contributed by atoms with E-state index < -0.39 is 0 Å². The molecule has 1 nitrogen and oxygen atoms in total. The van der Waals surface area contributed by atoms with E-state index in [0.29, 0.717) is 0 Å². The number of hydrogen-bond acceptors (Lipinski definition) is 0. The van der Waals surface area contributed by atoms with Crippen molar-refractivity contribution in [3.05, 3.63) is 46.6 Å². The summed E-state index contributed by atoms with van der Waals surface area (Å²) in [4.78, 5) is 3.22. The first-order valence-corrected chi connectivity index (χ1v) is 5.44. The van der Waals surface area contributed by atoms with Gasteiger partial charge < -0.3 is 4.98 Å². The summed E-state index contributed by atoms with van der Waals surface area (Å²) in [6, 6.07) is 6.00. The van der Waals surface area contributed by atoms with Gasteiger partial charge in [-0.25, -0.2) is 0 Å². The van der Waals surface area contributed by atoms with Crippen LogP contribution in [0.1, 0.15) is 19.4 Å². The second-order valence-corrected chi connectivity index (χ2v) is 4.37. The fourth-order valence-corrected chi connectivity index (χ4v) is 1.89. The van der Waals surface area contributed by atoms with Crippen molar-refractivity contribution in [3.63, 3.8) is 0 Å². The van der Waals surface area contributed by atoms with E-state index in [4.69, 9.17) is 11.6 Å². The van der Waals surface area contributed by atoms with Gasteiger partial charge in [-0.2, -0.15) is 0 Å². The molecule has 1 heterocycles. The van der Waals surface area contributed by atoms with Crippen molar-refractivity contribution in [1.29, 1.82) is 0 Å². The van der Waals surface area contributed by atoms with Crippen molar-refractivity contribution in [3.8, 4) is 0 Å². The van der Waals surface area contributed by atoms with E-state index in [9.17, 15) is 0 Å². The second kappa shape index (κ2) is 4.11. The molecule has 0 aliphatic heterocycles. The summed E-state index contributed by atoms with van der Waals surface area (Å²) in [5, 5.41) is 2.01. The fourth-order valence-electron chi connectivity index (χ4n) is 1.66. The number of benzene rings is 1. The van der Waals surface area contributed by atoms with Crippen LogP contribution in [0.3, 0.4) is 0 Å². The van der Waals surface area contributed by atoms with Crippen LogP contribution in [-0.2, 0) is 6.42 Å². The lowest BCUT2D eigenvalue weighted by molar-refractivity contribution is 1.23. The lowest BCUT2D eigenvalue weighted by Gasteiger charge is -1.96. The van der Waals surface area contributed by atoms with Crippen LogP contribution in [0.25, 0.3) is 10.9 Å². The number of rotatable bonds is 2. The zero-order valence-electron chi connectivity index (χ0n) is 8.97. The Hall–Kier alpha value is -1.21. The molecule has 0 fully saturated rings. The molecule has 0 amide bonds. The molecule has 0 aliphatic carbocycles. The normalized spacial score (nSPS) is 10.6. The van der Waals surface area contributed by atoms with Crippen molar-refractivity contribution in [2.24, 2.45) is 0 Å². The molecule has 2 heteroatoms. The zero-order valence-corrected chi connectivity index (χ0v) is 9.73. The molecule has 0 bridgehead atoms. The highest BCUT2D eigenvalue weighted by Crippen LogP contribution is 2.25. The number of fused-ring (bicyclic) bond motifs is 1. The van der Waals surface area contributed by atoms with Crippen LogP contribution in [0, 0.1) is 0 Å². The molecule has 1 aromatic carbocycles. The van der Waals surface area contributed by atoms with Gasteiger partial charge in [0.05, 0.1) is 10.5 Å². The molecule has 0 spiro atoms. The Kier molecular flexibility index (Phi) is 2.83. The Morgan fingerprint density at radius 1 is 1.40 bits per heavy atom. The number of allylic oxidation sites excluding steroid dienone is 2. The Bertz CT molecular complexity index is 504. The number of halogens is 1. The monoisotopic (exact) mass is 219 g/mol. The summed E-state index contributed by atoms with van der Waals surface area (Å²) in [6.45, 7) is 4.23. The largest absolute Gasteiger partial charge is 0.360 e. The van der Waals surface area contributed by atoms with Gasteiger partial charge in [-0.3, -0.25) is 0 Å². The summed E-state index contributed by atoms with van der Waals surface area (Å²) in [7, 11) is 0. The maximum absolute atomic E-state index is 6.09. The molecule has 0 saturated carbocycles. The van der Waals surface area contributed by atoms with Crippen LogP contribution in [0.5, 0.6) is 0 Å². The van der Waals surface area contributed by atoms with Crippen LogP contribution in [0.15, 0.2) is 36.0 Å². The second-order valence-electron chi connectivity index (χ2n) is 3.96. The van der Waals surface area contributed by atoms with Crippen molar-refractivity contribution < 1.29 is 0 Å². The molecule has 2 rings (SSSR count). The highest BCUT2D eigenvalue weighted by molar-refractivity contribution is 6.35. The first kappa shape index (κ1) is 10.3. The summed E-state index contributed by atoms with van der Waals surface area (Å²) in [6.07, 6.45) is 5.22. The van der Waals surface area contributed by atoms with Gasteiger partial charge in [0.15, 0.2) is 0 Å². The average molecular weight is 220 g/mol. The van der Waals surface area contributed by atoms with Crippen LogP contribution >= 0.6 is 11.6 Å². The van der Waals surface area contributed by atoms with Crippen LogP contribution in [0.2, 0.25) is 5.02 Å². The van der Waals surface area contributed by atoms with Gasteiger partial charge in [-0.05, 0) is 31.9 Å². The molecule has 0 unspecified atom stereocenters. The van der Waals surface area contributed by atoms with Crippen molar-refractivity contribution in [2.45, 2.75) is 20.3 Å². The van der Waals surface area contributed by atoms with Gasteiger partial charge in [0.25, 0.3) is 0 Å². The third-order valence-corrected chi connectivity index (χ3v) is 2.80. The lowest BCUT2D eigenvalue weighted by Crippen LogP contribution is -1.78. The Labute approximate surface area is 94.8 Å². The van der Waals surface area contributed by atoms with E-state index in [0.717, 1.165) is 17.0 Å². The molecule has 1 aromatic heterocycles. The third kappa shape index (κ3) is 2.07. The van der Waals surface area contributed by atoms with E-state index >= 15 is 0 Å². The van der Waals surface area contributed by atoms with Gasteiger partial charge in [-0.1, -0.05) is 35.4 Å². The predicted octanol–water partition coefficient (Wildman–Crippen LogP) is 4.33. The van der Waals surface area contributed by atoms with E-state index in [1.807, 2.05) is 18.3 Å². The number of nitrogens with one attached hydrogen (secondary N) is 1. The highest BCUT2D eigenvalue weighted by atomic mass is 35.5. The first-order chi connectivity index (χ1) is 7.18. The summed E-state index contributed by atoms with van der Waals surface area (Å²) >= 11 is 6.09. The number of H-pyrrole nitrogens is 1. The van der Waals surface area contributed by atoms with E-state index in [1.165, 1.54) is 16.5 Å². The third-order valence-electron chi connectivity index (χ3n) is 2.48. The first-order valence-electron chi connectivity index (χ1n) is 5.06. The zero-order chi connectivity index (χ0) is 10.8. The Morgan fingerprint density at radius 3 is 2.93 bits per heavy atom. The Balaban J connectivity index is 2.45. The Morgan fingerprint density at radius 2 is 2.20 bits per heavy atom. The maximum atomic E-state index is 6.09. The molecule has 15 heavy (non-hydrogen) atoms. The van der Waals surface area contributed by atoms with Gasteiger partial charge in [-0.15, -0.1) is 0 Å². The van der Waals surface area contributed by atoms with Crippen molar-refractivity contribution in [1.82, 2.24) is 4.98 Å². The number of aromatic amines is 1. The minimum atomic E-state index is 0.788. The van der Waals surface area contributed by atoms with E-state index in [2.05, 4.69) is 31.0 Å². The number of aromatic nitrogens is 1. The highest BCUT2D eigenvalue weighted by Gasteiger charge is 2.04. The van der Waals surface area contributed by atoms with Gasteiger partial charge >= 0.3 is 0 Å². The van der Waals surface area contributed by atoms with E-state index in [-0.39, 0.29) is 0 Å². The summed E-state index contributed by atoms with van der Waals surface area (Å²) in [5.41, 5.74) is 3.68. The number of hydrogen-bond donors (Lipinski definition) is 1. The topological polar surface area (TPSA) is 15.8 Å². The minimum Gasteiger partial charge on any atom is -0.360 e. The predicted molar refractivity (Wildman–Crippen MR) is 66.4 cm³/mol. The summed E-state index contributed by atoms with van der Waals surface area (Å²) in [5.74, 6) is 0. The quantitative estimate of drug-likeness (QED) is 0.724. The van der Waals surface area contributed by atoms with Gasteiger partial charge in [0.1, 0.15) is 0 Å². The molecule has 0 aliphatic rings. The van der Waals surface area contributed by atoms with Crippen LogP contribution in [-0.4, -0.2) is 4.98 Å². The molecule has 0 saturated heterocycles. The smallest absolute Gasteiger partial charge is 0.0647 e.